The minimum Gasteiger partial charge on any atom is -0.342 e. The molecule has 0 unspecified atom stereocenters. The first-order valence-corrected chi connectivity index (χ1v) is 10.8. The Bertz CT molecular complexity index is 733. The van der Waals surface area contributed by atoms with Gasteiger partial charge in [0.05, 0.1) is 12.1 Å². The monoisotopic (exact) mass is 374 g/mol. The van der Waals surface area contributed by atoms with Crippen molar-refractivity contribution in [1.82, 2.24) is 9.88 Å². The minimum atomic E-state index is 0.225. The zero-order chi connectivity index (χ0) is 17.8. The normalized spacial score (nSPS) is 15.6. The van der Waals surface area contributed by atoms with Crippen molar-refractivity contribution in [3.63, 3.8) is 0 Å². The van der Waals surface area contributed by atoms with Gasteiger partial charge in [-0.15, -0.1) is 11.3 Å². The Balaban J connectivity index is 1.53. The van der Waals surface area contributed by atoms with Gasteiger partial charge in [0.25, 0.3) is 0 Å². The van der Waals surface area contributed by atoms with Gasteiger partial charge in [-0.2, -0.15) is 0 Å². The van der Waals surface area contributed by atoms with Crippen LogP contribution in [0.3, 0.4) is 0 Å². The van der Waals surface area contributed by atoms with Crippen molar-refractivity contribution in [3.05, 3.63) is 46.0 Å². The van der Waals surface area contributed by atoms with Crippen LogP contribution in [0, 0.1) is 19.8 Å². The Kier molecular flexibility index (Phi) is 6.18. The van der Waals surface area contributed by atoms with Crippen LogP contribution in [0.2, 0.25) is 0 Å². The molecule has 0 bridgehead atoms. The second kappa shape index (κ2) is 8.37. The van der Waals surface area contributed by atoms with Crippen LogP contribution in [0.15, 0.2) is 27.9 Å². The topological polar surface area (TPSA) is 33.2 Å². The highest BCUT2D eigenvalue weighted by Gasteiger charge is 2.21. The number of hydrogen-bond donors (Lipinski definition) is 0. The summed E-state index contributed by atoms with van der Waals surface area (Å²) in [5.41, 5.74) is 4.89. The molecule has 3 rings (SSSR count). The van der Waals surface area contributed by atoms with Gasteiger partial charge in [-0.3, -0.25) is 4.79 Å². The second-order valence-corrected chi connectivity index (χ2v) is 9.14. The van der Waals surface area contributed by atoms with E-state index in [1.165, 1.54) is 16.7 Å². The van der Waals surface area contributed by atoms with Crippen LogP contribution in [0.4, 0.5) is 0 Å². The third kappa shape index (κ3) is 5.08. The molecule has 2 heterocycles. The lowest BCUT2D eigenvalue weighted by atomic mass is 9.99. The van der Waals surface area contributed by atoms with Crippen LogP contribution in [-0.4, -0.2) is 28.9 Å². The van der Waals surface area contributed by atoms with Gasteiger partial charge in [0.2, 0.25) is 5.91 Å². The fraction of sp³-hybridized carbons (Fsp3) is 0.500. The Hall–Kier alpha value is -1.33. The van der Waals surface area contributed by atoms with Crippen LogP contribution >= 0.6 is 23.1 Å². The van der Waals surface area contributed by atoms with E-state index in [0.29, 0.717) is 6.42 Å². The highest BCUT2D eigenvalue weighted by atomic mass is 32.2. The summed E-state index contributed by atoms with van der Waals surface area (Å²) in [6.45, 7) is 8.35. The maximum atomic E-state index is 12.4. The van der Waals surface area contributed by atoms with Gasteiger partial charge in [0.1, 0.15) is 4.34 Å². The molecule has 1 fully saturated rings. The van der Waals surface area contributed by atoms with Crippen LogP contribution in [0.5, 0.6) is 0 Å². The smallest absolute Gasteiger partial charge is 0.228 e. The highest BCUT2D eigenvalue weighted by Crippen LogP contribution is 2.28. The number of nitrogens with zero attached hydrogens (tertiary/aromatic N) is 2. The number of piperidine rings is 1. The quantitative estimate of drug-likeness (QED) is 0.701. The lowest BCUT2D eigenvalue weighted by Gasteiger charge is -2.30. The van der Waals surface area contributed by atoms with Gasteiger partial charge in [0.15, 0.2) is 0 Å². The van der Waals surface area contributed by atoms with E-state index in [2.05, 4.69) is 44.0 Å². The molecule has 5 heteroatoms. The van der Waals surface area contributed by atoms with Crippen molar-refractivity contribution in [2.75, 3.05) is 13.1 Å². The summed E-state index contributed by atoms with van der Waals surface area (Å²) in [4.78, 5) is 19.1. The van der Waals surface area contributed by atoms with Crippen molar-refractivity contribution in [3.8, 4) is 0 Å². The average molecular weight is 375 g/mol. The molecule has 134 valence electrons. The lowest BCUT2D eigenvalue weighted by molar-refractivity contribution is -0.131. The molecule has 0 N–H and O–H groups in total. The summed E-state index contributed by atoms with van der Waals surface area (Å²) in [7, 11) is 0. The maximum Gasteiger partial charge on any atom is 0.228 e. The van der Waals surface area contributed by atoms with Gasteiger partial charge in [0, 0.05) is 24.2 Å². The van der Waals surface area contributed by atoms with E-state index in [1.54, 1.807) is 23.1 Å². The molecule has 1 aromatic heterocycles. The van der Waals surface area contributed by atoms with Crippen LogP contribution < -0.4 is 0 Å². The number of thiazole rings is 1. The summed E-state index contributed by atoms with van der Waals surface area (Å²) in [6.07, 6.45) is 2.69. The van der Waals surface area contributed by atoms with Crippen LogP contribution in [-0.2, 0) is 17.0 Å². The molecule has 3 nitrogen and oxygen atoms in total. The molecule has 0 aliphatic carbocycles. The van der Waals surface area contributed by atoms with Crippen LogP contribution in [0.1, 0.15) is 42.1 Å². The first-order valence-electron chi connectivity index (χ1n) is 8.92. The van der Waals surface area contributed by atoms with E-state index in [4.69, 9.17) is 0 Å². The number of aryl methyl sites for hydroxylation is 2. The van der Waals surface area contributed by atoms with E-state index in [-0.39, 0.29) is 5.91 Å². The van der Waals surface area contributed by atoms with Gasteiger partial charge < -0.3 is 4.90 Å². The van der Waals surface area contributed by atoms with E-state index in [1.807, 2.05) is 10.3 Å². The van der Waals surface area contributed by atoms with Crippen molar-refractivity contribution in [2.45, 2.75) is 50.1 Å². The Labute approximate surface area is 158 Å². The summed E-state index contributed by atoms with van der Waals surface area (Å²) >= 11 is 3.41. The zero-order valence-electron chi connectivity index (χ0n) is 15.2. The van der Waals surface area contributed by atoms with Crippen molar-refractivity contribution in [2.24, 2.45) is 5.92 Å². The molecule has 0 radical (unpaired) electrons. The molecule has 0 atom stereocenters. The van der Waals surface area contributed by atoms with Crippen molar-refractivity contribution in [1.29, 1.82) is 0 Å². The molecule has 1 amide bonds. The number of aromatic nitrogens is 1. The van der Waals surface area contributed by atoms with Gasteiger partial charge in [-0.1, -0.05) is 42.4 Å². The van der Waals surface area contributed by atoms with Crippen molar-refractivity contribution >= 4 is 29.0 Å². The first-order chi connectivity index (χ1) is 12.0. The molecule has 1 aliphatic rings. The number of thioether (sulfide) groups is 1. The predicted molar refractivity (Wildman–Crippen MR) is 106 cm³/mol. The molecule has 1 aromatic carbocycles. The Morgan fingerprint density at radius 1 is 1.32 bits per heavy atom. The van der Waals surface area contributed by atoms with Crippen molar-refractivity contribution < 1.29 is 4.79 Å². The molecule has 1 aliphatic heterocycles. The minimum absolute atomic E-state index is 0.225. The molecule has 0 spiro atoms. The number of hydrogen-bond acceptors (Lipinski definition) is 4. The van der Waals surface area contributed by atoms with E-state index in [0.717, 1.165) is 47.6 Å². The highest BCUT2D eigenvalue weighted by molar-refractivity contribution is 8.00. The Morgan fingerprint density at radius 2 is 2.08 bits per heavy atom. The van der Waals surface area contributed by atoms with E-state index >= 15 is 0 Å². The summed E-state index contributed by atoms with van der Waals surface area (Å²) in [5, 5.41) is 2.04. The largest absolute Gasteiger partial charge is 0.342 e. The fourth-order valence-corrected chi connectivity index (χ4v) is 4.96. The second-order valence-electron chi connectivity index (χ2n) is 7.06. The summed E-state index contributed by atoms with van der Waals surface area (Å²) in [6, 6.07) is 6.58. The van der Waals surface area contributed by atoms with Crippen LogP contribution in [0.25, 0.3) is 0 Å². The SMILES string of the molecule is Cc1ccc(C)c(CSc2nc(CC(=O)N3CCC(C)CC3)cs2)c1. The first kappa shape index (κ1) is 18.5. The lowest BCUT2D eigenvalue weighted by Crippen LogP contribution is -2.38. The zero-order valence-corrected chi connectivity index (χ0v) is 16.9. The molecular weight excluding hydrogens is 348 g/mol. The van der Waals surface area contributed by atoms with Gasteiger partial charge >= 0.3 is 0 Å². The van der Waals surface area contributed by atoms with E-state index < -0.39 is 0 Å². The number of carbonyl (C=O) groups excluding carboxylic acids is 1. The number of carbonyl (C=O) groups is 1. The third-order valence-corrected chi connectivity index (χ3v) is 6.97. The number of likely N-dealkylation sites (tertiary alicyclic amines) is 1. The fourth-order valence-electron chi connectivity index (χ4n) is 3.06. The maximum absolute atomic E-state index is 12.4. The number of rotatable bonds is 5. The molecule has 1 saturated heterocycles. The molecule has 0 saturated carbocycles. The third-order valence-electron chi connectivity index (χ3n) is 4.86. The van der Waals surface area contributed by atoms with Gasteiger partial charge in [-0.25, -0.2) is 4.98 Å². The number of benzene rings is 1. The molecule has 25 heavy (non-hydrogen) atoms. The van der Waals surface area contributed by atoms with E-state index in [9.17, 15) is 4.79 Å². The standard InChI is InChI=1S/C20H26N2OS2/c1-14-6-8-22(9-7-14)19(23)11-18-13-25-20(21-18)24-12-17-10-15(2)4-5-16(17)3/h4-5,10,13-14H,6-9,11-12H2,1-3H3. The summed E-state index contributed by atoms with van der Waals surface area (Å²) in [5.74, 6) is 1.90. The molecule has 2 aromatic rings. The number of amides is 1. The predicted octanol–water partition coefficient (Wildman–Crippen LogP) is 4.85. The van der Waals surface area contributed by atoms with Gasteiger partial charge in [-0.05, 0) is 43.7 Å². The Morgan fingerprint density at radius 3 is 2.84 bits per heavy atom. The molecular formula is C20H26N2OS2. The average Bonchev–Trinajstić information content (AvgIpc) is 3.03. The summed E-state index contributed by atoms with van der Waals surface area (Å²) < 4.78 is 1.05.